The van der Waals surface area contributed by atoms with E-state index in [2.05, 4.69) is 32.3 Å². The van der Waals surface area contributed by atoms with Crippen LogP contribution >= 0.6 is 11.6 Å². The van der Waals surface area contributed by atoms with Gasteiger partial charge in [-0.25, -0.2) is 0 Å². The van der Waals surface area contributed by atoms with Crippen LogP contribution < -0.4 is 16.3 Å². The van der Waals surface area contributed by atoms with Crippen LogP contribution in [-0.2, 0) is 12.8 Å². The number of rotatable bonds is 1. The molecule has 0 saturated carbocycles. The van der Waals surface area contributed by atoms with Gasteiger partial charge in [-0.15, -0.1) is 0 Å². The zero-order valence-corrected chi connectivity index (χ0v) is 12.8. The van der Waals surface area contributed by atoms with Crippen molar-refractivity contribution in [2.24, 2.45) is 17.1 Å². The molecule has 0 amide bonds. The van der Waals surface area contributed by atoms with E-state index >= 15 is 0 Å². The lowest BCUT2D eigenvalue weighted by Crippen LogP contribution is -2.32. The molecule has 2 nitrogen and oxygen atoms in total. The smallest absolute Gasteiger partial charge is 0.0662 e. The summed E-state index contributed by atoms with van der Waals surface area (Å²) in [4.78, 5) is 3.42. The number of aryl methyl sites for hydroxylation is 1. The number of nitrogens with one attached hydrogen (secondary N) is 1. The molecule has 0 fully saturated rings. The normalized spacial score (nSPS) is 22.1. The molecule has 0 bridgehead atoms. The van der Waals surface area contributed by atoms with Gasteiger partial charge in [-0.1, -0.05) is 39.0 Å². The van der Waals surface area contributed by atoms with Crippen LogP contribution in [0.1, 0.15) is 38.4 Å². The summed E-state index contributed by atoms with van der Waals surface area (Å²) in [5, 5.41) is 2.60. The van der Waals surface area contributed by atoms with Gasteiger partial charge in [0.1, 0.15) is 0 Å². The Balaban J connectivity index is 2.58. The minimum Gasteiger partial charge on any atom is -0.404 e. The first kappa shape index (κ1) is 14.3. The predicted octanol–water partition coefficient (Wildman–Crippen LogP) is 2.40. The van der Waals surface area contributed by atoms with Gasteiger partial charge in [-0.3, -0.25) is 0 Å². The van der Waals surface area contributed by atoms with Crippen LogP contribution in [0.2, 0.25) is 0 Å². The summed E-state index contributed by atoms with van der Waals surface area (Å²) in [6, 6.07) is 0. The van der Waals surface area contributed by atoms with E-state index in [1.54, 1.807) is 12.3 Å². The maximum atomic E-state index is 6.21. The lowest BCUT2D eigenvalue weighted by Gasteiger charge is -2.33. The molecule has 1 aromatic rings. The number of H-pyrrole nitrogens is 1. The average Bonchev–Trinajstić information content (AvgIpc) is 2.74. The van der Waals surface area contributed by atoms with Crippen LogP contribution in [0.5, 0.6) is 0 Å². The Morgan fingerprint density at radius 3 is 2.68 bits per heavy atom. The number of nitrogens with two attached hydrogens (primary N) is 1. The number of allylic oxidation sites excluding steroid dienone is 1. The van der Waals surface area contributed by atoms with Gasteiger partial charge in [0.2, 0.25) is 0 Å². The van der Waals surface area contributed by atoms with E-state index < -0.39 is 0 Å². The molecule has 3 heteroatoms. The molecule has 0 radical (unpaired) electrons. The molecule has 3 N–H and O–H groups in total. The van der Waals surface area contributed by atoms with Crippen LogP contribution in [0, 0.1) is 11.3 Å². The van der Waals surface area contributed by atoms with E-state index in [0.717, 1.165) is 23.4 Å². The molecule has 104 valence electrons. The number of hydrogen-bond acceptors (Lipinski definition) is 1. The van der Waals surface area contributed by atoms with Crippen molar-refractivity contribution < 1.29 is 0 Å². The third kappa shape index (κ3) is 2.59. The fourth-order valence-electron chi connectivity index (χ4n) is 2.93. The topological polar surface area (TPSA) is 41.8 Å². The van der Waals surface area contributed by atoms with Crippen LogP contribution in [-0.4, -0.2) is 4.98 Å². The van der Waals surface area contributed by atoms with Gasteiger partial charge in [0.05, 0.1) is 10.4 Å². The van der Waals surface area contributed by atoms with E-state index in [1.807, 2.05) is 0 Å². The second kappa shape index (κ2) is 5.09. The quantitative estimate of drug-likeness (QED) is 0.814. The minimum absolute atomic E-state index is 0.326. The van der Waals surface area contributed by atoms with Gasteiger partial charge in [-0.2, -0.15) is 0 Å². The van der Waals surface area contributed by atoms with Crippen molar-refractivity contribution in [3.8, 4) is 0 Å². The lowest BCUT2D eigenvalue weighted by molar-refractivity contribution is 0.215. The summed E-state index contributed by atoms with van der Waals surface area (Å²) in [5.41, 5.74) is 8.76. The number of aromatic nitrogens is 1. The largest absolute Gasteiger partial charge is 0.404 e. The van der Waals surface area contributed by atoms with E-state index in [0.29, 0.717) is 16.4 Å². The van der Waals surface area contributed by atoms with Gasteiger partial charge >= 0.3 is 0 Å². The number of fused-ring (bicyclic) bond motifs is 1. The van der Waals surface area contributed by atoms with Crippen molar-refractivity contribution in [1.82, 2.24) is 4.98 Å². The standard InChI is InChI=1S/C16H23ClN2/c1-5-13(17)15-12(9-18)11-8-10(16(2,3)4)6-7-14(11)19-15/h5,9-10,19H,1,6-8,18H2,2-4H3/b12-9-,15-13-. The minimum atomic E-state index is 0.326. The molecule has 2 rings (SSSR count). The third-order valence-corrected chi connectivity index (χ3v) is 4.58. The zero-order chi connectivity index (χ0) is 14.2. The third-order valence-electron chi connectivity index (χ3n) is 4.24. The molecule has 0 aromatic carbocycles. The monoisotopic (exact) mass is 278 g/mol. The highest BCUT2D eigenvalue weighted by Crippen LogP contribution is 2.35. The Labute approximate surface area is 120 Å². The van der Waals surface area contributed by atoms with Crippen LogP contribution in [0.4, 0.5) is 0 Å². The molecule has 1 unspecified atom stereocenters. The maximum Gasteiger partial charge on any atom is 0.0662 e. The van der Waals surface area contributed by atoms with Crippen molar-refractivity contribution in [2.75, 3.05) is 0 Å². The fourth-order valence-corrected chi connectivity index (χ4v) is 3.08. The number of aromatic amines is 1. The summed E-state index contributed by atoms with van der Waals surface area (Å²) in [6.45, 7) is 10.7. The summed E-state index contributed by atoms with van der Waals surface area (Å²) in [5.74, 6) is 0.685. The molecule has 1 heterocycles. The summed E-state index contributed by atoms with van der Waals surface area (Å²) >= 11 is 6.21. The van der Waals surface area contributed by atoms with Crippen molar-refractivity contribution in [3.05, 3.63) is 34.5 Å². The number of hydrogen-bond donors (Lipinski definition) is 2. The van der Waals surface area contributed by atoms with E-state index in [-0.39, 0.29) is 0 Å². The Kier molecular flexibility index (Phi) is 3.82. The van der Waals surface area contributed by atoms with Crippen molar-refractivity contribution in [2.45, 2.75) is 40.0 Å². The van der Waals surface area contributed by atoms with Crippen LogP contribution in [0.15, 0.2) is 12.7 Å². The van der Waals surface area contributed by atoms with Gasteiger partial charge < -0.3 is 10.7 Å². The highest BCUT2D eigenvalue weighted by atomic mass is 35.5. The highest BCUT2D eigenvalue weighted by Gasteiger charge is 2.30. The Hall–Kier alpha value is -1.15. The predicted molar refractivity (Wildman–Crippen MR) is 83.1 cm³/mol. The molecule has 1 aromatic heterocycles. The lowest BCUT2D eigenvalue weighted by atomic mass is 9.72. The van der Waals surface area contributed by atoms with Crippen LogP contribution in [0.3, 0.4) is 0 Å². The summed E-state index contributed by atoms with van der Waals surface area (Å²) < 4.78 is 0. The first-order valence-electron chi connectivity index (χ1n) is 6.82. The summed E-state index contributed by atoms with van der Waals surface area (Å²) in [7, 11) is 0. The first-order valence-corrected chi connectivity index (χ1v) is 7.20. The molecule has 0 spiro atoms. The molecule has 19 heavy (non-hydrogen) atoms. The van der Waals surface area contributed by atoms with E-state index in [9.17, 15) is 0 Å². The SMILES string of the molecule is C=C/C(Cl)=c1/[nH]c2c(/c1=C/N)CC(C(C)(C)C)CC2. The molecular formula is C16H23ClN2. The molecule has 1 aliphatic rings. The molecule has 0 aliphatic heterocycles. The second-order valence-electron chi connectivity index (χ2n) is 6.40. The highest BCUT2D eigenvalue weighted by molar-refractivity contribution is 6.47. The second-order valence-corrected chi connectivity index (χ2v) is 6.80. The van der Waals surface area contributed by atoms with Gasteiger partial charge in [0, 0.05) is 17.1 Å². The van der Waals surface area contributed by atoms with Crippen molar-refractivity contribution in [3.63, 3.8) is 0 Å². The average molecular weight is 279 g/mol. The first-order chi connectivity index (χ1) is 8.88. The van der Waals surface area contributed by atoms with Gasteiger partial charge in [0.15, 0.2) is 0 Å². The molecular weight excluding hydrogens is 256 g/mol. The zero-order valence-electron chi connectivity index (χ0n) is 12.0. The summed E-state index contributed by atoms with van der Waals surface area (Å²) in [6.07, 6.45) is 6.68. The van der Waals surface area contributed by atoms with Gasteiger partial charge in [-0.05, 0) is 42.2 Å². The van der Waals surface area contributed by atoms with Crippen LogP contribution in [0.25, 0.3) is 11.2 Å². The molecule has 1 aliphatic carbocycles. The Morgan fingerprint density at radius 1 is 1.47 bits per heavy atom. The molecule has 0 saturated heterocycles. The fraction of sp³-hybridized carbons (Fsp3) is 0.500. The maximum absolute atomic E-state index is 6.21. The van der Waals surface area contributed by atoms with Gasteiger partial charge in [0.25, 0.3) is 0 Å². The van der Waals surface area contributed by atoms with E-state index in [1.165, 1.54) is 17.7 Å². The van der Waals surface area contributed by atoms with E-state index in [4.69, 9.17) is 17.3 Å². The Morgan fingerprint density at radius 2 is 2.16 bits per heavy atom. The molecule has 1 atom stereocenters. The van der Waals surface area contributed by atoms with Crippen molar-refractivity contribution in [1.29, 1.82) is 0 Å². The van der Waals surface area contributed by atoms with Crippen molar-refractivity contribution >= 4 is 22.8 Å². The Bertz CT molecular complexity index is 602. The number of halogens is 1.